The lowest BCUT2D eigenvalue weighted by atomic mass is 9.97. The normalized spacial score (nSPS) is 18.9. The molecule has 1 atom stereocenters. The highest BCUT2D eigenvalue weighted by Crippen LogP contribution is 2.24. The molecule has 4 rings (SSSR count). The van der Waals surface area contributed by atoms with Crippen molar-refractivity contribution in [3.8, 4) is 0 Å². The Hall–Kier alpha value is -3.20. The number of ketones is 1. The number of ether oxygens (including phenoxy) is 2. The molecule has 0 unspecified atom stereocenters. The van der Waals surface area contributed by atoms with Crippen molar-refractivity contribution < 1.29 is 28.7 Å². The number of amides is 2. The maximum Gasteiger partial charge on any atom is 0.310 e. The number of morpholine rings is 1. The van der Waals surface area contributed by atoms with Crippen molar-refractivity contribution in [2.45, 2.75) is 26.3 Å². The number of nitrogens with zero attached hydrogens (tertiary/aromatic N) is 3. The Bertz CT molecular complexity index is 1060. The van der Waals surface area contributed by atoms with Crippen LogP contribution in [0.25, 0.3) is 10.9 Å². The average Bonchev–Trinajstić information content (AvgIpc) is 3.22. The quantitative estimate of drug-likeness (QED) is 0.372. The van der Waals surface area contributed by atoms with Crippen molar-refractivity contribution in [1.82, 2.24) is 14.4 Å². The van der Waals surface area contributed by atoms with Gasteiger partial charge in [-0.3, -0.25) is 19.2 Å². The van der Waals surface area contributed by atoms with E-state index in [0.29, 0.717) is 51.1 Å². The highest BCUT2D eigenvalue weighted by atomic mass is 16.5. The van der Waals surface area contributed by atoms with E-state index < -0.39 is 17.6 Å². The second-order valence-electron chi connectivity index (χ2n) is 8.35. The minimum absolute atomic E-state index is 0.0577. The molecular weight excluding hydrogens is 426 g/mol. The van der Waals surface area contributed by atoms with Crippen molar-refractivity contribution >= 4 is 34.5 Å². The first-order valence-electron chi connectivity index (χ1n) is 11.4. The van der Waals surface area contributed by atoms with Gasteiger partial charge in [-0.2, -0.15) is 0 Å². The molecule has 9 heteroatoms. The molecule has 2 aliphatic rings. The maximum atomic E-state index is 13.2. The number of hydrogen-bond acceptors (Lipinski definition) is 6. The molecule has 0 N–H and O–H groups in total. The Balaban J connectivity index is 1.54. The fraction of sp³-hybridized carbons (Fsp3) is 0.500. The molecule has 0 saturated carbocycles. The first-order valence-corrected chi connectivity index (χ1v) is 11.4. The summed E-state index contributed by atoms with van der Waals surface area (Å²) in [5.41, 5.74) is 0.988. The first-order chi connectivity index (χ1) is 16.0. The smallest absolute Gasteiger partial charge is 0.310 e. The second-order valence-corrected chi connectivity index (χ2v) is 8.35. The summed E-state index contributed by atoms with van der Waals surface area (Å²) < 4.78 is 12.1. The van der Waals surface area contributed by atoms with Gasteiger partial charge in [0.25, 0.3) is 11.7 Å². The summed E-state index contributed by atoms with van der Waals surface area (Å²) in [6.07, 6.45) is 2.87. The number of carbonyl (C=O) groups excluding carboxylic acids is 4. The number of aromatic nitrogens is 1. The molecule has 1 aromatic carbocycles. The highest BCUT2D eigenvalue weighted by Gasteiger charge is 2.33. The molecular formula is C24H29N3O6. The molecule has 1 aromatic heterocycles. The highest BCUT2D eigenvalue weighted by molar-refractivity contribution is 6.45. The predicted molar refractivity (Wildman–Crippen MR) is 120 cm³/mol. The SMILES string of the molecule is CCOC(=O)[C@H]1CCCN(C(=O)C(=O)c2cn(CC(=O)N3CCOCC3)c3ccccc23)C1. The molecule has 0 aliphatic carbocycles. The van der Waals surface area contributed by atoms with E-state index in [1.807, 2.05) is 12.1 Å². The number of Topliss-reactive ketones (excluding diaryl/α,β-unsaturated/α-hetero) is 1. The molecule has 0 bridgehead atoms. The lowest BCUT2D eigenvalue weighted by Crippen LogP contribution is -2.45. The summed E-state index contributed by atoms with van der Waals surface area (Å²) in [6.45, 7) is 4.82. The Morgan fingerprint density at radius 1 is 1.06 bits per heavy atom. The minimum Gasteiger partial charge on any atom is -0.466 e. The number of esters is 1. The van der Waals surface area contributed by atoms with Crippen LogP contribution < -0.4 is 0 Å². The van der Waals surface area contributed by atoms with Crippen LogP contribution >= 0.6 is 0 Å². The fourth-order valence-electron chi connectivity index (χ4n) is 4.49. The van der Waals surface area contributed by atoms with Gasteiger partial charge in [0, 0.05) is 43.3 Å². The third kappa shape index (κ3) is 4.93. The van der Waals surface area contributed by atoms with E-state index in [0.717, 1.165) is 5.52 Å². The van der Waals surface area contributed by atoms with Gasteiger partial charge in [-0.25, -0.2) is 0 Å². The molecule has 2 saturated heterocycles. The van der Waals surface area contributed by atoms with Crippen molar-refractivity contribution in [3.05, 3.63) is 36.0 Å². The summed E-state index contributed by atoms with van der Waals surface area (Å²) in [7, 11) is 0. The number of hydrogen-bond donors (Lipinski definition) is 0. The van der Waals surface area contributed by atoms with Crippen LogP contribution in [0.4, 0.5) is 0 Å². The first kappa shape index (κ1) is 23.0. The monoisotopic (exact) mass is 455 g/mol. The third-order valence-electron chi connectivity index (χ3n) is 6.23. The van der Waals surface area contributed by atoms with Gasteiger partial charge in [0.15, 0.2) is 0 Å². The lowest BCUT2D eigenvalue weighted by molar-refractivity contribution is -0.150. The number of benzene rings is 1. The van der Waals surface area contributed by atoms with Gasteiger partial charge in [0.2, 0.25) is 5.91 Å². The number of likely N-dealkylation sites (tertiary alicyclic amines) is 1. The second kappa shape index (κ2) is 10.2. The molecule has 2 fully saturated rings. The van der Waals surface area contributed by atoms with E-state index in [4.69, 9.17) is 9.47 Å². The van der Waals surface area contributed by atoms with Crippen LogP contribution in [0, 0.1) is 5.92 Å². The summed E-state index contributed by atoms with van der Waals surface area (Å²) in [6, 6.07) is 7.25. The number of carbonyl (C=O) groups is 4. The van der Waals surface area contributed by atoms with Gasteiger partial charge in [0.1, 0.15) is 6.54 Å². The summed E-state index contributed by atoms with van der Waals surface area (Å²) in [5, 5.41) is 0.629. The summed E-state index contributed by atoms with van der Waals surface area (Å²) >= 11 is 0. The molecule has 9 nitrogen and oxygen atoms in total. The van der Waals surface area contributed by atoms with Crippen LogP contribution in [0.1, 0.15) is 30.1 Å². The van der Waals surface area contributed by atoms with E-state index in [1.54, 1.807) is 34.7 Å². The standard InChI is InChI=1S/C24H29N3O6/c1-2-33-24(31)17-6-5-9-26(14-17)23(30)22(29)19-15-27(20-8-4-3-7-18(19)20)16-21(28)25-10-12-32-13-11-25/h3-4,7-8,15,17H,2,5-6,9-14,16H2,1H3/t17-/m0/s1. The van der Waals surface area contributed by atoms with Crippen molar-refractivity contribution in [1.29, 1.82) is 0 Å². The van der Waals surface area contributed by atoms with Gasteiger partial charge in [-0.05, 0) is 25.8 Å². The van der Waals surface area contributed by atoms with Crippen LogP contribution in [0.2, 0.25) is 0 Å². The minimum atomic E-state index is -0.633. The van der Waals surface area contributed by atoms with Gasteiger partial charge >= 0.3 is 5.97 Å². The third-order valence-corrected chi connectivity index (χ3v) is 6.23. The average molecular weight is 456 g/mol. The molecule has 3 heterocycles. The Labute approximate surface area is 192 Å². The zero-order chi connectivity index (χ0) is 23.4. The van der Waals surface area contributed by atoms with Crippen LogP contribution in [0.5, 0.6) is 0 Å². The number of fused-ring (bicyclic) bond motifs is 1. The van der Waals surface area contributed by atoms with E-state index >= 15 is 0 Å². The Kier molecular flexibility index (Phi) is 7.08. The molecule has 176 valence electrons. The summed E-state index contributed by atoms with van der Waals surface area (Å²) in [4.78, 5) is 54.4. The van der Waals surface area contributed by atoms with Crippen molar-refractivity contribution in [2.24, 2.45) is 5.92 Å². The van der Waals surface area contributed by atoms with E-state index in [9.17, 15) is 19.2 Å². The Morgan fingerprint density at radius 2 is 1.82 bits per heavy atom. The molecule has 0 radical (unpaired) electrons. The number of piperidine rings is 1. The zero-order valence-corrected chi connectivity index (χ0v) is 18.8. The zero-order valence-electron chi connectivity index (χ0n) is 18.8. The lowest BCUT2D eigenvalue weighted by Gasteiger charge is -2.31. The Morgan fingerprint density at radius 3 is 2.58 bits per heavy atom. The van der Waals surface area contributed by atoms with Gasteiger partial charge in [-0.1, -0.05) is 18.2 Å². The van der Waals surface area contributed by atoms with Crippen LogP contribution in [0.15, 0.2) is 30.5 Å². The largest absolute Gasteiger partial charge is 0.466 e. The topological polar surface area (TPSA) is 98.2 Å². The maximum absolute atomic E-state index is 13.2. The fourth-order valence-corrected chi connectivity index (χ4v) is 4.49. The van der Waals surface area contributed by atoms with Crippen LogP contribution in [-0.4, -0.2) is 83.9 Å². The van der Waals surface area contributed by atoms with E-state index in [2.05, 4.69) is 0 Å². The molecule has 33 heavy (non-hydrogen) atoms. The number of para-hydroxylation sites is 1. The van der Waals surface area contributed by atoms with Gasteiger partial charge < -0.3 is 23.8 Å². The van der Waals surface area contributed by atoms with Gasteiger partial charge in [-0.15, -0.1) is 0 Å². The summed E-state index contributed by atoms with van der Waals surface area (Å²) in [5.74, 6) is -2.07. The van der Waals surface area contributed by atoms with Crippen molar-refractivity contribution in [3.63, 3.8) is 0 Å². The molecule has 2 amide bonds. The molecule has 2 aromatic rings. The van der Waals surface area contributed by atoms with Gasteiger partial charge in [0.05, 0.1) is 31.3 Å². The number of rotatable bonds is 6. The predicted octanol–water partition coefficient (Wildman–Crippen LogP) is 1.48. The van der Waals surface area contributed by atoms with Crippen molar-refractivity contribution in [2.75, 3.05) is 46.0 Å². The van der Waals surface area contributed by atoms with E-state index in [1.165, 1.54) is 4.90 Å². The van der Waals surface area contributed by atoms with Crippen LogP contribution in [0.3, 0.4) is 0 Å². The molecule has 2 aliphatic heterocycles. The molecule has 0 spiro atoms. The van der Waals surface area contributed by atoms with Crippen LogP contribution in [-0.2, 0) is 30.4 Å². The van der Waals surface area contributed by atoms with E-state index in [-0.39, 0.29) is 37.1 Å².